The van der Waals surface area contributed by atoms with Crippen LogP contribution in [-0.4, -0.2) is 27.2 Å². The largest absolute Gasteiger partial charge is 0.403 e. The Labute approximate surface area is 90.8 Å². The van der Waals surface area contributed by atoms with E-state index >= 15 is 0 Å². The van der Waals surface area contributed by atoms with E-state index in [1.54, 1.807) is 7.05 Å². The molecule has 0 radical (unpaired) electrons. The first-order chi connectivity index (χ1) is 7.48. The van der Waals surface area contributed by atoms with E-state index in [0.29, 0.717) is 18.5 Å². The van der Waals surface area contributed by atoms with Gasteiger partial charge in [0.15, 0.2) is 0 Å². The predicted octanol–water partition coefficient (Wildman–Crippen LogP) is 1.56. The Balaban J connectivity index is 2.11. The summed E-state index contributed by atoms with van der Waals surface area (Å²) < 4.78 is 39.2. The van der Waals surface area contributed by atoms with Crippen LogP contribution in [0.1, 0.15) is 31.0 Å². The lowest BCUT2D eigenvalue weighted by Crippen LogP contribution is -2.47. The van der Waals surface area contributed by atoms with E-state index in [2.05, 4.69) is 15.6 Å². The van der Waals surface area contributed by atoms with Crippen LogP contribution in [0.2, 0.25) is 0 Å². The van der Waals surface area contributed by atoms with E-state index in [4.69, 9.17) is 0 Å². The molecule has 1 fully saturated rings. The summed E-state index contributed by atoms with van der Waals surface area (Å²) in [6, 6.07) is -1.72. The first kappa shape index (κ1) is 11.4. The summed E-state index contributed by atoms with van der Waals surface area (Å²) in [5.41, 5.74) is 0.703. The average Bonchev–Trinajstić information content (AvgIpc) is 2.63. The molecule has 2 atom stereocenters. The third-order valence-electron chi connectivity index (χ3n) is 2.89. The zero-order valence-electron chi connectivity index (χ0n) is 8.83. The Bertz CT molecular complexity index is 360. The molecule has 1 N–H and O–H groups in total. The number of hydrogen-bond donors (Lipinski definition) is 1. The fourth-order valence-electron chi connectivity index (χ4n) is 2.04. The van der Waals surface area contributed by atoms with Crippen molar-refractivity contribution in [1.29, 1.82) is 0 Å². The van der Waals surface area contributed by atoms with E-state index in [1.165, 1.54) is 10.9 Å². The van der Waals surface area contributed by atoms with Gasteiger partial charge in [0.25, 0.3) is 0 Å². The summed E-state index contributed by atoms with van der Waals surface area (Å²) in [5.74, 6) is 0. The minimum absolute atomic E-state index is 0.144. The second kappa shape index (κ2) is 4.04. The molecule has 0 bridgehead atoms. The van der Waals surface area contributed by atoms with Gasteiger partial charge in [0, 0.05) is 7.05 Å². The van der Waals surface area contributed by atoms with Crippen LogP contribution < -0.4 is 5.32 Å². The molecule has 0 saturated carbocycles. The van der Waals surface area contributed by atoms with E-state index in [9.17, 15) is 13.2 Å². The molecule has 7 heteroatoms. The van der Waals surface area contributed by atoms with Crippen LogP contribution in [-0.2, 0) is 7.05 Å². The Morgan fingerprint density at radius 3 is 2.75 bits per heavy atom. The zero-order chi connectivity index (χ0) is 11.8. The first-order valence-electron chi connectivity index (χ1n) is 5.16. The second-order valence-corrected chi connectivity index (χ2v) is 4.03. The molecule has 16 heavy (non-hydrogen) atoms. The molecule has 0 spiro atoms. The second-order valence-electron chi connectivity index (χ2n) is 4.03. The standard InChI is InChI=1S/C9H13F3N4/c1-16-7(5-13-15-16)6-3-2-4-8(14-6)9(10,11)12/h5-6,8,14H,2-4H2,1H3. The third kappa shape index (κ3) is 2.18. The third-order valence-corrected chi connectivity index (χ3v) is 2.89. The van der Waals surface area contributed by atoms with Crippen LogP contribution >= 0.6 is 0 Å². The number of aromatic nitrogens is 3. The first-order valence-corrected chi connectivity index (χ1v) is 5.16. The Morgan fingerprint density at radius 1 is 1.44 bits per heavy atom. The number of alkyl halides is 3. The minimum Gasteiger partial charge on any atom is -0.298 e. The maximum atomic E-state index is 12.6. The van der Waals surface area contributed by atoms with Gasteiger partial charge in [0.05, 0.1) is 17.9 Å². The van der Waals surface area contributed by atoms with Crippen molar-refractivity contribution in [2.24, 2.45) is 7.05 Å². The van der Waals surface area contributed by atoms with Gasteiger partial charge in [-0.25, -0.2) is 0 Å². The van der Waals surface area contributed by atoms with Gasteiger partial charge < -0.3 is 0 Å². The highest BCUT2D eigenvalue weighted by molar-refractivity contribution is 5.04. The lowest BCUT2D eigenvalue weighted by atomic mass is 9.96. The van der Waals surface area contributed by atoms with Crippen molar-refractivity contribution in [3.8, 4) is 0 Å². The van der Waals surface area contributed by atoms with Crippen molar-refractivity contribution in [3.63, 3.8) is 0 Å². The van der Waals surface area contributed by atoms with Crippen LogP contribution in [0, 0.1) is 0 Å². The van der Waals surface area contributed by atoms with Crippen molar-refractivity contribution in [2.45, 2.75) is 37.5 Å². The number of piperidine rings is 1. The average molecular weight is 234 g/mol. The summed E-state index contributed by atoms with van der Waals surface area (Å²) in [7, 11) is 1.68. The van der Waals surface area contributed by atoms with E-state index in [0.717, 1.165) is 0 Å². The smallest absolute Gasteiger partial charge is 0.298 e. The quantitative estimate of drug-likeness (QED) is 0.801. The number of nitrogens with one attached hydrogen (secondary N) is 1. The summed E-state index contributed by atoms with van der Waals surface area (Å²) >= 11 is 0. The highest BCUT2D eigenvalue weighted by atomic mass is 19.4. The molecule has 1 saturated heterocycles. The monoisotopic (exact) mass is 234 g/mol. The zero-order valence-corrected chi connectivity index (χ0v) is 8.83. The van der Waals surface area contributed by atoms with Gasteiger partial charge >= 0.3 is 6.18 Å². The number of nitrogens with zero attached hydrogens (tertiary/aromatic N) is 3. The molecular weight excluding hydrogens is 221 g/mol. The van der Waals surface area contributed by atoms with E-state index in [-0.39, 0.29) is 12.5 Å². The molecule has 90 valence electrons. The van der Waals surface area contributed by atoms with Gasteiger partial charge in [0.1, 0.15) is 6.04 Å². The summed E-state index contributed by atoms with van der Waals surface area (Å²) in [4.78, 5) is 0. The van der Waals surface area contributed by atoms with Crippen molar-refractivity contribution in [1.82, 2.24) is 20.3 Å². The molecule has 0 amide bonds. The number of rotatable bonds is 1. The van der Waals surface area contributed by atoms with Crippen molar-refractivity contribution >= 4 is 0 Å². The van der Waals surface area contributed by atoms with Crippen molar-refractivity contribution in [3.05, 3.63) is 11.9 Å². The molecule has 0 aliphatic carbocycles. The van der Waals surface area contributed by atoms with Gasteiger partial charge in [-0.2, -0.15) is 13.2 Å². The van der Waals surface area contributed by atoms with Crippen LogP contribution in [0.4, 0.5) is 13.2 Å². The van der Waals surface area contributed by atoms with Gasteiger partial charge in [0.2, 0.25) is 0 Å². The molecule has 2 unspecified atom stereocenters. The van der Waals surface area contributed by atoms with Crippen molar-refractivity contribution < 1.29 is 13.2 Å². The molecule has 1 aromatic rings. The molecule has 2 rings (SSSR count). The molecule has 1 aliphatic heterocycles. The molecule has 1 aromatic heterocycles. The van der Waals surface area contributed by atoms with Gasteiger partial charge in [-0.15, -0.1) is 5.10 Å². The number of hydrogen-bond acceptors (Lipinski definition) is 3. The normalized spacial score (nSPS) is 27.0. The Kier molecular flexibility index (Phi) is 2.88. The maximum absolute atomic E-state index is 12.6. The van der Waals surface area contributed by atoms with Gasteiger partial charge in [-0.05, 0) is 19.3 Å². The number of halogens is 3. The highest BCUT2D eigenvalue weighted by Gasteiger charge is 2.42. The molecular formula is C9H13F3N4. The SMILES string of the molecule is Cn1nncc1C1CCCC(C(F)(F)F)N1. The van der Waals surface area contributed by atoms with E-state index < -0.39 is 12.2 Å². The van der Waals surface area contributed by atoms with Crippen LogP contribution in [0.5, 0.6) is 0 Å². The van der Waals surface area contributed by atoms with Gasteiger partial charge in [-0.3, -0.25) is 10.00 Å². The van der Waals surface area contributed by atoms with Crippen LogP contribution in [0.15, 0.2) is 6.20 Å². The van der Waals surface area contributed by atoms with Crippen molar-refractivity contribution in [2.75, 3.05) is 0 Å². The topological polar surface area (TPSA) is 42.7 Å². The van der Waals surface area contributed by atoms with Crippen LogP contribution in [0.3, 0.4) is 0 Å². The predicted molar refractivity (Wildman–Crippen MR) is 50.6 cm³/mol. The minimum atomic E-state index is -4.18. The van der Waals surface area contributed by atoms with E-state index in [1.807, 2.05) is 0 Å². The Hall–Kier alpha value is -1.11. The molecule has 1 aliphatic rings. The summed E-state index contributed by atoms with van der Waals surface area (Å²) in [5, 5.41) is 10.0. The Morgan fingerprint density at radius 2 is 2.19 bits per heavy atom. The molecule has 2 heterocycles. The fourth-order valence-corrected chi connectivity index (χ4v) is 2.04. The molecule has 4 nitrogen and oxygen atoms in total. The lowest BCUT2D eigenvalue weighted by molar-refractivity contribution is -0.163. The lowest BCUT2D eigenvalue weighted by Gasteiger charge is -2.31. The summed E-state index contributed by atoms with van der Waals surface area (Å²) in [6.45, 7) is 0. The highest BCUT2D eigenvalue weighted by Crippen LogP contribution is 2.32. The van der Waals surface area contributed by atoms with Crippen LogP contribution in [0.25, 0.3) is 0 Å². The molecule has 0 aromatic carbocycles. The van der Waals surface area contributed by atoms with Gasteiger partial charge in [-0.1, -0.05) is 5.21 Å². The maximum Gasteiger partial charge on any atom is 0.403 e. The fraction of sp³-hybridized carbons (Fsp3) is 0.778. The number of aryl methyl sites for hydroxylation is 1. The summed E-state index contributed by atoms with van der Waals surface area (Å²) in [6.07, 6.45) is -1.27.